The average Bonchev–Trinajstić information content (AvgIpc) is 3.38. The summed E-state index contributed by atoms with van der Waals surface area (Å²) < 4.78 is 13.9. The maximum atomic E-state index is 11.3. The number of aromatic nitrogens is 4. The molecule has 2 aliphatic rings. The number of carboxylic acids is 1. The largest absolute Gasteiger partial charge is 0.480 e. The minimum Gasteiger partial charge on any atom is -0.480 e. The Bertz CT molecular complexity index is 1210. The van der Waals surface area contributed by atoms with E-state index in [1.54, 1.807) is 0 Å². The molecule has 10 nitrogen and oxygen atoms in total. The predicted molar refractivity (Wildman–Crippen MR) is 126 cm³/mol. The fourth-order valence-corrected chi connectivity index (χ4v) is 5.84. The van der Waals surface area contributed by atoms with Gasteiger partial charge in [0.2, 0.25) is 6.79 Å². The van der Waals surface area contributed by atoms with Crippen molar-refractivity contribution >= 4 is 50.6 Å². The Kier molecular flexibility index (Phi) is 6.30. The second-order valence-corrected chi connectivity index (χ2v) is 9.88. The number of ether oxygens (including phenoxy) is 2. The zero-order chi connectivity index (χ0) is 22.9. The standard InChI is InChI=1S/C21H23BrN6O4S/c22-13-7-14-15(32-11-31-14)8-16(13)33-21-26-18-19(23)24-10-25-20(18)28(21)6-4-12-3-1-2-5-27(12)9-17(29)30/h7-8,10,12H,1-6,9,11H2,(H,29,30)(H2,23,24,25). The van der Waals surface area contributed by atoms with Crippen LogP contribution >= 0.6 is 27.7 Å². The van der Waals surface area contributed by atoms with E-state index >= 15 is 0 Å². The Morgan fingerprint density at radius 3 is 2.91 bits per heavy atom. The van der Waals surface area contributed by atoms with Gasteiger partial charge < -0.3 is 24.9 Å². The summed E-state index contributed by atoms with van der Waals surface area (Å²) in [6, 6.07) is 4.00. The molecule has 1 atom stereocenters. The Morgan fingerprint density at radius 2 is 2.09 bits per heavy atom. The van der Waals surface area contributed by atoms with E-state index in [-0.39, 0.29) is 19.4 Å². The third kappa shape index (κ3) is 4.59. The molecule has 2 aromatic heterocycles. The molecule has 1 aromatic carbocycles. The number of imidazole rings is 1. The van der Waals surface area contributed by atoms with Crippen LogP contribution in [0.5, 0.6) is 11.5 Å². The lowest BCUT2D eigenvalue weighted by Gasteiger charge is -2.34. The number of fused-ring (bicyclic) bond motifs is 2. The fourth-order valence-electron chi connectivity index (χ4n) is 4.34. The number of nitrogen functional groups attached to an aromatic ring is 1. The normalized spacial score (nSPS) is 18.2. The van der Waals surface area contributed by atoms with Gasteiger partial charge in [-0.1, -0.05) is 18.2 Å². The zero-order valence-corrected chi connectivity index (χ0v) is 20.1. The van der Waals surface area contributed by atoms with E-state index in [1.165, 1.54) is 18.1 Å². The molecule has 2 aliphatic heterocycles. The van der Waals surface area contributed by atoms with E-state index in [0.717, 1.165) is 46.8 Å². The number of aryl methyl sites for hydroxylation is 1. The van der Waals surface area contributed by atoms with Gasteiger partial charge in [0.15, 0.2) is 33.6 Å². The minimum absolute atomic E-state index is 0.0657. The SMILES string of the molecule is Nc1ncnc2c1nc(Sc1cc3c(cc1Br)OCO3)n2CCC1CCCCN1CC(=O)O. The van der Waals surface area contributed by atoms with Crippen LogP contribution in [-0.2, 0) is 11.3 Å². The van der Waals surface area contributed by atoms with Crippen molar-refractivity contribution in [3.63, 3.8) is 0 Å². The summed E-state index contributed by atoms with van der Waals surface area (Å²) in [7, 11) is 0. The summed E-state index contributed by atoms with van der Waals surface area (Å²) in [6.45, 7) is 1.71. The summed E-state index contributed by atoms with van der Waals surface area (Å²) in [5.41, 5.74) is 7.32. The second-order valence-electron chi connectivity index (χ2n) is 8.02. The van der Waals surface area contributed by atoms with Gasteiger partial charge in [0.25, 0.3) is 0 Å². The number of halogens is 1. The molecule has 4 heterocycles. The van der Waals surface area contributed by atoms with Crippen molar-refractivity contribution in [2.75, 3.05) is 25.6 Å². The van der Waals surface area contributed by atoms with E-state index in [4.69, 9.17) is 20.2 Å². The number of hydrogen-bond acceptors (Lipinski definition) is 9. The quantitative estimate of drug-likeness (QED) is 0.465. The number of rotatable bonds is 7. The molecule has 12 heteroatoms. The highest BCUT2D eigenvalue weighted by Gasteiger charge is 2.26. The molecular weight excluding hydrogens is 512 g/mol. The number of anilines is 1. The number of benzene rings is 1. The van der Waals surface area contributed by atoms with Crippen LogP contribution in [0.25, 0.3) is 11.2 Å². The second kappa shape index (κ2) is 9.35. The highest BCUT2D eigenvalue weighted by molar-refractivity contribution is 9.10. The van der Waals surface area contributed by atoms with E-state index in [9.17, 15) is 9.90 Å². The molecule has 3 aromatic rings. The molecule has 1 fully saturated rings. The summed E-state index contributed by atoms with van der Waals surface area (Å²) in [5.74, 6) is 0.926. The maximum Gasteiger partial charge on any atom is 0.317 e. The minimum atomic E-state index is -0.792. The number of nitrogens with two attached hydrogens (primary N) is 1. The summed E-state index contributed by atoms with van der Waals surface area (Å²) >= 11 is 5.09. The first-order valence-corrected chi connectivity index (χ1v) is 12.3. The van der Waals surface area contributed by atoms with Gasteiger partial charge in [0.05, 0.1) is 6.54 Å². The number of likely N-dealkylation sites (tertiary alicyclic amines) is 1. The van der Waals surface area contributed by atoms with Crippen LogP contribution in [0, 0.1) is 0 Å². The molecule has 174 valence electrons. The number of hydrogen-bond donors (Lipinski definition) is 2. The molecule has 3 N–H and O–H groups in total. The Balaban J connectivity index is 1.45. The number of piperidine rings is 1. The molecule has 0 radical (unpaired) electrons. The molecule has 0 saturated carbocycles. The smallest absolute Gasteiger partial charge is 0.317 e. The summed E-state index contributed by atoms with van der Waals surface area (Å²) in [5, 5.41) is 10.0. The average molecular weight is 535 g/mol. The van der Waals surface area contributed by atoms with Gasteiger partial charge in [0.1, 0.15) is 6.33 Å². The van der Waals surface area contributed by atoms with E-state index < -0.39 is 5.97 Å². The Hall–Kier alpha value is -2.57. The van der Waals surface area contributed by atoms with Gasteiger partial charge in [-0.2, -0.15) is 0 Å². The molecule has 33 heavy (non-hydrogen) atoms. The Labute approximate surface area is 202 Å². The predicted octanol–water partition coefficient (Wildman–Crippen LogP) is 3.38. The highest BCUT2D eigenvalue weighted by atomic mass is 79.9. The van der Waals surface area contributed by atoms with Crippen molar-refractivity contribution in [2.45, 2.75) is 48.3 Å². The molecule has 0 amide bonds. The van der Waals surface area contributed by atoms with Crippen molar-refractivity contribution in [3.05, 3.63) is 22.9 Å². The third-order valence-corrected chi connectivity index (χ3v) is 7.90. The van der Waals surface area contributed by atoms with Crippen molar-refractivity contribution in [2.24, 2.45) is 0 Å². The van der Waals surface area contributed by atoms with Gasteiger partial charge in [-0.05, 0) is 53.9 Å². The highest BCUT2D eigenvalue weighted by Crippen LogP contribution is 2.43. The maximum absolute atomic E-state index is 11.3. The first-order chi connectivity index (χ1) is 16.0. The Morgan fingerprint density at radius 1 is 1.27 bits per heavy atom. The molecular formula is C21H23BrN6O4S. The van der Waals surface area contributed by atoms with Crippen molar-refractivity contribution < 1.29 is 19.4 Å². The van der Waals surface area contributed by atoms with Crippen molar-refractivity contribution in [3.8, 4) is 11.5 Å². The molecule has 1 unspecified atom stereocenters. The van der Waals surface area contributed by atoms with Crippen molar-refractivity contribution in [1.82, 2.24) is 24.4 Å². The molecule has 1 saturated heterocycles. The van der Waals surface area contributed by atoms with Gasteiger partial charge in [-0.15, -0.1) is 0 Å². The first kappa shape index (κ1) is 22.2. The lowest BCUT2D eigenvalue weighted by Crippen LogP contribution is -2.43. The van der Waals surface area contributed by atoms with Crippen LogP contribution in [0.3, 0.4) is 0 Å². The molecule has 0 spiro atoms. The molecule has 0 bridgehead atoms. The lowest BCUT2D eigenvalue weighted by atomic mass is 9.99. The molecule has 5 rings (SSSR count). The monoisotopic (exact) mass is 534 g/mol. The summed E-state index contributed by atoms with van der Waals surface area (Å²) in [4.78, 5) is 27.6. The number of nitrogens with zero attached hydrogens (tertiary/aromatic N) is 5. The zero-order valence-electron chi connectivity index (χ0n) is 17.7. The van der Waals surface area contributed by atoms with E-state index in [2.05, 4.69) is 30.8 Å². The first-order valence-electron chi connectivity index (χ1n) is 10.7. The summed E-state index contributed by atoms with van der Waals surface area (Å²) in [6.07, 6.45) is 5.34. The topological polar surface area (TPSA) is 129 Å². The fraction of sp³-hybridized carbons (Fsp3) is 0.429. The number of carbonyl (C=O) groups is 1. The van der Waals surface area contributed by atoms with Gasteiger partial charge in [-0.3, -0.25) is 9.69 Å². The van der Waals surface area contributed by atoms with Crippen LogP contribution < -0.4 is 15.2 Å². The van der Waals surface area contributed by atoms with Crippen LogP contribution in [0.15, 0.2) is 33.0 Å². The van der Waals surface area contributed by atoms with E-state index in [1.807, 2.05) is 16.7 Å². The van der Waals surface area contributed by atoms with Gasteiger partial charge >= 0.3 is 5.97 Å². The van der Waals surface area contributed by atoms with Crippen LogP contribution in [0.4, 0.5) is 5.82 Å². The van der Waals surface area contributed by atoms with Gasteiger partial charge in [0, 0.05) is 22.0 Å². The van der Waals surface area contributed by atoms with Crippen LogP contribution in [0.2, 0.25) is 0 Å². The number of carboxylic acid groups (broad SMARTS) is 1. The third-order valence-electron chi connectivity index (χ3n) is 5.93. The van der Waals surface area contributed by atoms with Crippen LogP contribution in [-0.4, -0.2) is 61.4 Å². The van der Waals surface area contributed by atoms with Crippen LogP contribution in [0.1, 0.15) is 25.7 Å². The van der Waals surface area contributed by atoms with Gasteiger partial charge in [-0.25, -0.2) is 15.0 Å². The molecule has 0 aliphatic carbocycles. The van der Waals surface area contributed by atoms with Crippen molar-refractivity contribution in [1.29, 1.82) is 0 Å². The number of aliphatic carboxylic acids is 1. The van der Waals surface area contributed by atoms with E-state index in [0.29, 0.717) is 35.0 Å². The lowest BCUT2D eigenvalue weighted by molar-refractivity contribution is -0.139.